The van der Waals surface area contributed by atoms with Crippen molar-refractivity contribution in [1.82, 2.24) is 30.2 Å². The molecule has 0 atom stereocenters. The van der Waals surface area contributed by atoms with Gasteiger partial charge in [0, 0.05) is 23.2 Å². The Morgan fingerprint density at radius 3 is 2.19 bits per heavy atom. The Morgan fingerprint density at radius 1 is 0.787 bits per heavy atom. The van der Waals surface area contributed by atoms with Crippen LogP contribution in [0.4, 0.5) is 11.4 Å². The van der Waals surface area contributed by atoms with Crippen LogP contribution in [0.1, 0.15) is 35.1 Å². The highest BCUT2D eigenvalue weighted by molar-refractivity contribution is 6.11. The van der Waals surface area contributed by atoms with E-state index in [1.54, 1.807) is 27.7 Å². The molecule has 5 aromatic carbocycles. The highest BCUT2D eigenvalue weighted by atomic mass is 16.2. The first-order valence-electron chi connectivity index (χ1n) is 15.5. The average Bonchev–Trinajstić information content (AvgIpc) is 3.67. The van der Waals surface area contributed by atoms with E-state index in [2.05, 4.69) is 27.5 Å². The van der Waals surface area contributed by atoms with E-state index in [0.29, 0.717) is 46.6 Å². The predicted molar refractivity (Wildman–Crippen MR) is 184 cm³/mol. The number of carbonyl (C=O) groups excluding carboxylic acids is 1. The largest absolute Gasteiger partial charge is 0.292 e. The molecular weight excluding hydrogens is 586 g/mol. The minimum atomic E-state index is -0.187. The third kappa shape index (κ3) is 5.94. The van der Waals surface area contributed by atoms with E-state index in [1.165, 1.54) is 0 Å². The fourth-order valence-corrected chi connectivity index (χ4v) is 5.82. The van der Waals surface area contributed by atoms with Crippen molar-refractivity contribution in [1.29, 1.82) is 0 Å². The third-order valence-corrected chi connectivity index (χ3v) is 8.11. The number of rotatable bonds is 9. The Labute approximate surface area is 271 Å². The van der Waals surface area contributed by atoms with Gasteiger partial charge in [0.1, 0.15) is 5.82 Å². The molecule has 0 aliphatic carbocycles. The number of para-hydroxylation sites is 1. The van der Waals surface area contributed by atoms with Crippen LogP contribution in [0, 0.1) is 0 Å². The summed E-state index contributed by atoms with van der Waals surface area (Å²) in [5.41, 5.74) is 6.13. The highest BCUT2D eigenvalue weighted by Crippen LogP contribution is 2.31. The number of nitrogens with one attached hydrogen (secondary N) is 1. The number of amides is 1. The molecule has 0 fully saturated rings. The van der Waals surface area contributed by atoms with Crippen molar-refractivity contribution in [2.75, 3.05) is 4.90 Å². The molecule has 0 unspecified atom stereocenters. The van der Waals surface area contributed by atoms with E-state index in [4.69, 9.17) is 4.98 Å². The van der Waals surface area contributed by atoms with Crippen LogP contribution < -0.4 is 10.5 Å². The highest BCUT2D eigenvalue weighted by Gasteiger charge is 2.21. The SMILES string of the molecule is CCCc1nc2ccc(N(C(=O)c3ccccc3)c3ccccc3)cc2c(=O)n1Cc1ccc(-c2ccccc2-c2nn[nH]n2)cc1. The Hall–Kier alpha value is -6.22. The van der Waals surface area contributed by atoms with Gasteiger partial charge in [-0.05, 0) is 70.8 Å². The first-order valence-corrected chi connectivity index (χ1v) is 15.5. The van der Waals surface area contributed by atoms with E-state index >= 15 is 0 Å². The fraction of sp³-hybridized carbons (Fsp3) is 0.105. The quantitative estimate of drug-likeness (QED) is 0.183. The van der Waals surface area contributed by atoms with Gasteiger partial charge in [0.2, 0.25) is 5.82 Å². The Kier molecular flexibility index (Phi) is 8.17. The van der Waals surface area contributed by atoms with Crippen LogP contribution in [-0.4, -0.2) is 36.1 Å². The number of aryl methyl sites for hydroxylation is 1. The number of benzene rings is 5. The third-order valence-electron chi connectivity index (χ3n) is 8.11. The summed E-state index contributed by atoms with van der Waals surface area (Å²) in [5.74, 6) is 1.07. The number of hydrogen-bond acceptors (Lipinski definition) is 6. The lowest BCUT2D eigenvalue weighted by Crippen LogP contribution is -2.28. The lowest BCUT2D eigenvalue weighted by atomic mass is 9.98. The summed E-state index contributed by atoms with van der Waals surface area (Å²) in [6.07, 6.45) is 1.50. The van der Waals surface area contributed by atoms with Crippen LogP contribution in [0.3, 0.4) is 0 Å². The van der Waals surface area contributed by atoms with Crippen molar-refractivity contribution in [3.8, 4) is 22.5 Å². The van der Waals surface area contributed by atoms with E-state index in [1.807, 2.05) is 109 Å². The van der Waals surface area contributed by atoms with E-state index < -0.39 is 0 Å². The van der Waals surface area contributed by atoms with Crippen molar-refractivity contribution in [3.05, 3.63) is 155 Å². The van der Waals surface area contributed by atoms with Gasteiger partial charge in [0.15, 0.2) is 0 Å². The first kappa shape index (κ1) is 29.5. The zero-order valence-corrected chi connectivity index (χ0v) is 25.7. The van der Waals surface area contributed by atoms with E-state index in [9.17, 15) is 9.59 Å². The molecule has 0 saturated heterocycles. The fourth-order valence-electron chi connectivity index (χ4n) is 5.82. The summed E-state index contributed by atoms with van der Waals surface area (Å²) in [6.45, 7) is 2.44. The maximum absolute atomic E-state index is 14.2. The lowest BCUT2D eigenvalue weighted by Gasteiger charge is -2.24. The van der Waals surface area contributed by atoms with Gasteiger partial charge in [-0.1, -0.05) is 91.9 Å². The number of tetrazole rings is 1. The van der Waals surface area contributed by atoms with Crippen molar-refractivity contribution in [3.63, 3.8) is 0 Å². The van der Waals surface area contributed by atoms with Gasteiger partial charge in [0.25, 0.3) is 11.5 Å². The zero-order valence-electron chi connectivity index (χ0n) is 25.7. The molecule has 1 N–H and O–H groups in total. The molecule has 9 heteroatoms. The van der Waals surface area contributed by atoms with Crippen LogP contribution in [0.15, 0.2) is 132 Å². The topological polar surface area (TPSA) is 110 Å². The molecule has 47 heavy (non-hydrogen) atoms. The molecule has 2 heterocycles. The zero-order chi connectivity index (χ0) is 32.2. The van der Waals surface area contributed by atoms with Gasteiger partial charge in [-0.15, -0.1) is 10.2 Å². The maximum Gasteiger partial charge on any atom is 0.262 e. The monoisotopic (exact) mass is 617 g/mol. The number of hydrogen-bond donors (Lipinski definition) is 1. The van der Waals surface area contributed by atoms with Crippen molar-refractivity contribution in [2.24, 2.45) is 0 Å². The number of aromatic nitrogens is 6. The van der Waals surface area contributed by atoms with Gasteiger partial charge < -0.3 is 0 Å². The van der Waals surface area contributed by atoms with Gasteiger partial charge in [-0.3, -0.25) is 19.1 Å². The normalized spacial score (nSPS) is 11.1. The summed E-state index contributed by atoms with van der Waals surface area (Å²) in [5, 5.41) is 15.0. The number of nitrogens with zero attached hydrogens (tertiary/aromatic N) is 6. The molecule has 2 aromatic heterocycles. The van der Waals surface area contributed by atoms with Crippen molar-refractivity contribution >= 4 is 28.2 Å². The van der Waals surface area contributed by atoms with E-state index in [0.717, 1.165) is 34.5 Å². The molecule has 0 radical (unpaired) electrons. The van der Waals surface area contributed by atoms with Crippen LogP contribution >= 0.6 is 0 Å². The predicted octanol–water partition coefficient (Wildman–Crippen LogP) is 7.22. The van der Waals surface area contributed by atoms with Crippen LogP contribution in [0.5, 0.6) is 0 Å². The molecule has 0 aliphatic rings. The van der Waals surface area contributed by atoms with Crippen molar-refractivity contribution < 1.29 is 4.79 Å². The summed E-state index contributed by atoms with van der Waals surface area (Å²) in [7, 11) is 0. The number of anilines is 2. The summed E-state index contributed by atoms with van der Waals surface area (Å²) in [4.78, 5) is 34.7. The molecule has 230 valence electrons. The Bertz CT molecular complexity index is 2210. The molecule has 9 nitrogen and oxygen atoms in total. The molecule has 7 aromatic rings. The Balaban J connectivity index is 1.27. The van der Waals surface area contributed by atoms with Crippen molar-refractivity contribution in [2.45, 2.75) is 26.3 Å². The van der Waals surface area contributed by atoms with Gasteiger partial charge in [0.05, 0.1) is 23.1 Å². The van der Waals surface area contributed by atoms with Gasteiger partial charge in [-0.25, -0.2) is 4.98 Å². The molecule has 0 bridgehead atoms. The summed E-state index contributed by atoms with van der Waals surface area (Å²) >= 11 is 0. The second kappa shape index (κ2) is 13.0. The smallest absolute Gasteiger partial charge is 0.262 e. The lowest BCUT2D eigenvalue weighted by molar-refractivity contribution is 0.0999. The van der Waals surface area contributed by atoms with Crippen LogP contribution in [-0.2, 0) is 13.0 Å². The standard InChI is InChI=1S/C38H31N7O2/c1-2-11-35-39-34-23-22-30(45(29-14-7-4-8-15-29)37(46)28-12-5-3-6-13-28)24-33(34)38(47)44(35)25-26-18-20-27(21-19-26)31-16-9-10-17-32(31)36-40-42-43-41-36/h3-10,12-24H,2,11,25H2,1H3,(H,40,41,42,43). The molecule has 7 rings (SSSR count). The van der Waals surface area contributed by atoms with Gasteiger partial charge >= 0.3 is 0 Å². The van der Waals surface area contributed by atoms with Crippen LogP contribution in [0.25, 0.3) is 33.4 Å². The first-order chi connectivity index (χ1) is 23.1. The minimum absolute atomic E-state index is 0.146. The number of H-pyrrole nitrogens is 1. The number of carbonyl (C=O) groups is 1. The molecule has 0 aliphatic heterocycles. The number of fused-ring (bicyclic) bond motifs is 1. The van der Waals surface area contributed by atoms with Crippen LogP contribution in [0.2, 0.25) is 0 Å². The molecule has 1 amide bonds. The molecular formula is C38H31N7O2. The average molecular weight is 618 g/mol. The second-order valence-electron chi connectivity index (χ2n) is 11.2. The van der Waals surface area contributed by atoms with E-state index in [-0.39, 0.29) is 11.5 Å². The molecule has 0 saturated carbocycles. The molecule has 0 spiro atoms. The summed E-state index contributed by atoms with van der Waals surface area (Å²) in [6, 6.07) is 40.1. The van der Waals surface area contributed by atoms with Gasteiger partial charge in [-0.2, -0.15) is 5.21 Å². The maximum atomic E-state index is 14.2. The second-order valence-corrected chi connectivity index (χ2v) is 11.2. The minimum Gasteiger partial charge on any atom is -0.292 e. The Morgan fingerprint density at radius 2 is 1.49 bits per heavy atom. The number of aromatic amines is 1. The summed E-state index contributed by atoms with van der Waals surface area (Å²) < 4.78 is 1.75.